The monoisotopic (exact) mass is 1780 g/mol. The van der Waals surface area contributed by atoms with Gasteiger partial charge in [0.15, 0.2) is 0 Å². The van der Waals surface area contributed by atoms with Crippen LogP contribution in [0.15, 0.2) is 59.3 Å². The van der Waals surface area contributed by atoms with Crippen LogP contribution in [0.1, 0.15) is 320 Å². The summed E-state index contributed by atoms with van der Waals surface area (Å²) in [5, 5.41) is 9.34. The fourth-order valence-corrected chi connectivity index (χ4v) is 33.9. The fourth-order valence-electron chi connectivity index (χ4n) is 14.6. The molecule has 578 valence electrons. The first-order valence-electron chi connectivity index (χ1n) is 42.6. The zero-order valence-electron chi connectivity index (χ0n) is 67.2. The van der Waals surface area contributed by atoms with E-state index >= 15 is 0 Å². The summed E-state index contributed by atoms with van der Waals surface area (Å²) in [4.78, 5) is 42.1. The van der Waals surface area contributed by atoms with Gasteiger partial charge in [0, 0.05) is 13.2 Å². The number of benzene rings is 2. The fraction of sp³-hybridized carbons (Fsp3) is 0.644. The van der Waals surface area contributed by atoms with Crippen LogP contribution in [0.25, 0.3) is 80.4 Å². The summed E-state index contributed by atoms with van der Waals surface area (Å²) in [5.41, 5.74) is 10.7. The molecule has 11 rings (SSSR count). The molecule has 0 aliphatic carbocycles. The van der Waals surface area contributed by atoms with Gasteiger partial charge in [0.05, 0.1) is 30.2 Å². The van der Waals surface area contributed by atoms with Crippen molar-refractivity contribution in [3.05, 3.63) is 81.5 Å². The van der Waals surface area contributed by atoms with Crippen molar-refractivity contribution in [3.63, 3.8) is 0 Å². The van der Waals surface area contributed by atoms with Crippen LogP contribution >= 0.6 is 90.7 Å². The number of thiazole rings is 4. The first kappa shape index (κ1) is 87.3. The van der Waals surface area contributed by atoms with E-state index in [1.165, 1.54) is 365 Å². The summed E-state index contributed by atoms with van der Waals surface area (Å²) in [7, 11) is 0. The van der Waals surface area contributed by atoms with Gasteiger partial charge in [0.1, 0.15) is 10.0 Å². The number of hydrogen-bond donors (Lipinski definition) is 0. The Hall–Kier alpha value is -1.64. The first-order chi connectivity index (χ1) is 51.2. The van der Waals surface area contributed by atoms with Crippen molar-refractivity contribution >= 4 is 174 Å². The van der Waals surface area contributed by atoms with Crippen LogP contribution in [0, 0.1) is 0 Å². The molecule has 0 unspecified atom stereocenters. The van der Waals surface area contributed by atoms with Crippen molar-refractivity contribution in [2.45, 2.75) is 353 Å². The third-order valence-corrected chi connectivity index (χ3v) is 49.0. The molecule has 15 heteroatoms. The maximum Gasteiger partial charge on any atom is 0.134 e. The molecule has 1 saturated heterocycles. The standard InChI is InChI=1S/C40H56N2S4.C40H54N2S4.C4H8O.6CH3.2Sn/c2*1-3-5-7-9-11-13-15-17-19-21-23-31-25-27-43-37(31)39-41-33-29-36-34(30-35(33)45-39)42-40(46-36)38-32(26-28-44-38)24-22-20-18-16-14-12-10-8-6-4-2;1-2-4-5-3-1;;;;;;;;/h25-30H,3-24H2,1-2H3;25-26,29-30H,3-24H2,1-2H3;1-4H2;6*1H3;;. The topological polar surface area (TPSA) is 60.8 Å². The molecular weight excluding hydrogens is 1650 g/mol. The molecule has 0 spiro atoms. The van der Waals surface area contributed by atoms with E-state index in [-0.39, 0.29) is 0 Å². The molecule has 0 radical (unpaired) electrons. The van der Waals surface area contributed by atoms with E-state index in [1.54, 1.807) is 16.9 Å². The van der Waals surface area contributed by atoms with Gasteiger partial charge < -0.3 is 4.74 Å². The summed E-state index contributed by atoms with van der Waals surface area (Å²) in [6.45, 7) is 11.2. The smallest absolute Gasteiger partial charge is 0.134 e. The molecule has 105 heavy (non-hydrogen) atoms. The second-order valence-corrected chi connectivity index (χ2v) is 71.6. The number of unbranched alkanes of at least 4 members (excludes halogenated alkanes) is 36. The maximum absolute atomic E-state index is 5.36. The molecule has 0 amide bonds. The average molecular weight is 1780 g/mol. The predicted molar refractivity (Wildman–Crippen MR) is 487 cm³/mol. The van der Waals surface area contributed by atoms with Crippen molar-refractivity contribution in [1.82, 2.24) is 19.9 Å². The van der Waals surface area contributed by atoms with Gasteiger partial charge in [-0.1, -0.05) is 169 Å². The molecule has 5 nitrogen and oxygen atoms in total. The first-order valence-corrected chi connectivity index (χ1v) is 69.3. The second kappa shape index (κ2) is 48.4. The largest absolute Gasteiger partial charge is 0.235 e. The van der Waals surface area contributed by atoms with Gasteiger partial charge in [-0.25, -0.2) is 9.97 Å². The molecule has 0 saturated carbocycles. The summed E-state index contributed by atoms with van der Waals surface area (Å²) in [6.07, 6.45) is 62.8. The Labute approximate surface area is 678 Å². The molecule has 10 aromatic rings. The number of fused-ring (bicyclic) bond motifs is 4. The molecule has 0 atom stereocenters. The van der Waals surface area contributed by atoms with Gasteiger partial charge in [0.2, 0.25) is 0 Å². The predicted octanol–water partition coefficient (Wildman–Crippen LogP) is 32.5. The van der Waals surface area contributed by atoms with Crippen molar-refractivity contribution in [1.29, 1.82) is 0 Å². The number of aromatic nitrogens is 4. The van der Waals surface area contributed by atoms with Gasteiger partial charge >= 0.3 is 319 Å². The number of rotatable bonds is 50. The van der Waals surface area contributed by atoms with Gasteiger partial charge in [-0.05, 0) is 84.7 Å². The van der Waals surface area contributed by atoms with Crippen LogP contribution in [0.5, 0.6) is 0 Å². The zero-order chi connectivity index (χ0) is 73.9. The minimum absolute atomic E-state index is 1.00. The van der Waals surface area contributed by atoms with Crippen LogP contribution in [0.2, 0.25) is 29.6 Å². The number of aryl methyl sites for hydroxylation is 4. The quantitative estimate of drug-likeness (QED) is 0.0281. The Morgan fingerprint density at radius 1 is 0.286 bits per heavy atom. The van der Waals surface area contributed by atoms with Gasteiger partial charge in [-0.15, -0.1) is 45.3 Å². The third kappa shape index (κ3) is 29.4. The number of ether oxygens (including phenoxy) is 1. The van der Waals surface area contributed by atoms with Gasteiger partial charge in [-0.2, -0.15) is 0 Å². The molecule has 1 aliphatic rings. The minimum atomic E-state index is -2.21. The zero-order valence-corrected chi connectivity index (χ0v) is 79.4. The Balaban J connectivity index is 0.000000230. The Morgan fingerprint density at radius 3 is 0.762 bits per heavy atom. The summed E-state index contributed by atoms with van der Waals surface area (Å²) in [5.74, 6) is 0. The van der Waals surface area contributed by atoms with Crippen LogP contribution in [-0.4, -0.2) is 69.9 Å². The van der Waals surface area contributed by atoms with Gasteiger partial charge in [-0.3, -0.25) is 0 Å². The van der Waals surface area contributed by atoms with Gasteiger partial charge in [0.25, 0.3) is 0 Å². The third-order valence-electron chi connectivity index (χ3n) is 21.2. The van der Waals surface area contributed by atoms with E-state index in [0.717, 1.165) is 35.3 Å². The molecule has 8 aromatic heterocycles. The van der Waals surface area contributed by atoms with E-state index in [4.69, 9.17) is 24.7 Å². The van der Waals surface area contributed by atoms with Crippen molar-refractivity contribution < 1.29 is 4.74 Å². The van der Waals surface area contributed by atoms with E-state index < -0.39 is 36.8 Å². The molecule has 1 aliphatic heterocycles. The Bertz CT molecular complexity index is 3650. The normalized spacial score (nSPS) is 12.8. The SMILES string of the molecule is C1CCOC1.CCCCCCCCCCCCc1c[c]([Sn]([CH3])([CH3])[CH3])sc1-c1nc2cc3sc(-c4s[c]([Sn]([CH3])([CH3])[CH3])cc4CCCCCCCCCCCC)nc3cc2s1.CCCCCCCCCCCCc1ccsc1-c1nc2cc3sc(-c4sccc4CCCCCCCCCCCC)nc3cc2s1. The van der Waals surface area contributed by atoms with Crippen LogP contribution in [0.3, 0.4) is 0 Å². The Morgan fingerprint density at radius 2 is 0.524 bits per heavy atom. The molecular formula is C90H136N4OS8Sn2. The number of nitrogens with zero attached hydrogens (tertiary/aromatic N) is 4. The number of hydrogen-bond acceptors (Lipinski definition) is 13. The van der Waals surface area contributed by atoms with E-state index in [2.05, 4.69) is 139 Å². The van der Waals surface area contributed by atoms with Crippen LogP contribution in [0.4, 0.5) is 0 Å². The molecule has 2 aromatic carbocycles. The van der Waals surface area contributed by atoms with E-state index in [1.807, 2.05) is 68.0 Å². The summed E-state index contributed by atoms with van der Waals surface area (Å²) >= 11 is 10.9. The van der Waals surface area contributed by atoms with Crippen LogP contribution in [-0.2, 0) is 30.4 Å². The minimum Gasteiger partial charge on any atom is -0.235 e. The van der Waals surface area contributed by atoms with Crippen LogP contribution < -0.4 is 5.79 Å². The molecule has 9 heterocycles. The second-order valence-electron chi connectivity index (χ2n) is 32.7. The summed E-state index contributed by atoms with van der Waals surface area (Å²) < 4.78 is 13.4. The average Bonchev–Trinajstić information content (AvgIpc) is 1.62. The summed E-state index contributed by atoms with van der Waals surface area (Å²) in [6, 6.07) is 19.2. The Kier molecular flexibility index (Phi) is 40.3. The number of thiophene rings is 4. The molecule has 0 bridgehead atoms. The molecule has 1 fully saturated rings. The maximum atomic E-state index is 5.36. The molecule has 0 N–H and O–H groups in total. The van der Waals surface area contributed by atoms with E-state index in [9.17, 15) is 0 Å². The van der Waals surface area contributed by atoms with Crippen molar-refractivity contribution in [2.24, 2.45) is 0 Å². The van der Waals surface area contributed by atoms with Crippen molar-refractivity contribution in [3.8, 4) is 39.5 Å². The van der Waals surface area contributed by atoms with E-state index in [0.29, 0.717) is 0 Å². The van der Waals surface area contributed by atoms with Crippen molar-refractivity contribution in [2.75, 3.05) is 13.2 Å².